The topological polar surface area (TPSA) is 12.5 Å². The summed E-state index contributed by atoms with van der Waals surface area (Å²) in [6, 6.07) is 19.6. The highest BCUT2D eigenvalue weighted by molar-refractivity contribution is 5.64. The monoisotopic (exact) mass is 309 g/mol. The summed E-state index contributed by atoms with van der Waals surface area (Å²) >= 11 is 0. The molecule has 1 fully saturated rings. The normalized spacial score (nSPS) is 15.7. The molecule has 2 aromatic rings. The minimum absolute atomic E-state index is 0.753. The van der Waals surface area contributed by atoms with E-state index in [1.165, 1.54) is 43.2 Å². The van der Waals surface area contributed by atoms with Crippen molar-refractivity contribution < 1.29 is 4.74 Å². The van der Waals surface area contributed by atoms with Crippen LogP contribution in [0.3, 0.4) is 0 Å². The second kappa shape index (κ2) is 8.16. The van der Waals surface area contributed by atoms with Crippen LogP contribution in [-0.4, -0.2) is 31.1 Å². The average molecular weight is 309 g/mol. The molecule has 3 rings (SSSR count). The summed E-state index contributed by atoms with van der Waals surface area (Å²) in [4.78, 5) is 2.47. The van der Waals surface area contributed by atoms with Crippen molar-refractivity contribution in [2.45, 2.75) is 38.1 Å². The van der Waals surface area contributed by atoms with Crippen molar-refractivity contribution in [3.8, 4) is 16.9 Å². The Labute approximate surface area is 140 Å². The second-order valence-corrected chi connectivity index (χ2v) is 6.51. The molecule has 2 heteroatoms. The van der Waals surface area contributed by atoms with Gasteiger partial charge in [-0.2, -0.15) is 0 Å². The molecule has 0 radical (unpaired) electrons. The molecule has 0 bridgehead atoms. The van der Waals surface area contributed by atoms with Gasteiger partial charge in [-0.1, -0.05) is 61.7 Å². The zero-order chi connectivity index (χ0) is 15.9. The molecule has 0 amide bonds. The van der Waals surface area contributed by atoms with E-state index in [1.807, 2.05) is 12.1 Å². The van der Waals surface area contributed by atoms with Crippen LogP contribution in [0.2, 0.25) is 0 Å². The van der Waals surface area contributed by atoms with Crippen molar-refractivity contribution >= 4 is 0 Å². The van der Waals surface area contributed by atoms with E-state index in [1.54, 1.807) is 0 Å². The number of hydrogen-bond donors (Lipinski definition) is 0. The molecule has 0 N–H and O–H groups in total. The maximum Gasteiger partial charge on any atom is 0.119 e. The zero-order valence-corrected chi connectivity index (χ0v) is 14.1. The Morgan fingerprint density at radius 2 is 1.65 bits per heavy atom. The Balaban J connectivity index is 1.52. The number of benzene rings is 2. The van der Waals surface area contributed by atoms with Gasteiger partial charge in [-0.05, 0) is 43.1 Å². The van der Waals surface area contributed by atoms with Crippen molar-refractivity contribution in [2.75, 3.05) is 20.2 Å². The lowest BCUT2D eigenvalue weighted by Gasteiger charge is -2.31. The van der Waals surface area contributed by atoms with E-state index < -0.39 is 0 Å². The van der Waals surface area contributed by atoms with Gasteiger partial charge in [-0.3, -0.25) is 0 Å². The van der Waals surface area contributed by atoms with Gasteiger partial charge in [0, 0.05) is 12.6 Å². The quantitative estimate of drug-likeness (QED) is 0.745. The Kier molecular flexibility index (Phi) is 5.71. The van der Waals surface area contributed by atoms with Crippen molar-refractivity contribution in [3.05, 3.63) is 54.6 Å². The first-order chi connectivity index (χ1) is 11.3. The van der Waals surface area contributed by atoms with Crippen molar-refractivity contribution in [1.82, 2.24) is 4.90 Å². The molecule has 1 saturated carbocycles. The maximum atomic E-state index is 5.99. The zero-order valence-electron chi connectivity index (χ0n) is 14.1. The van der Waals surface area contributed by atoms with Gasteiger partial charge in [0.2, 0.25) is 0 Å². The van der Waals surface area contributed by atoms with Crippen LogP contribution in [0, 0.1) is 0 Å². The van der Waals surface area contributed by atoms with Crippen LogP contribution in [0.5, 0.6) is 5.75 Å². The van der Waals surface area contributed by atoms with E-state index in [-0.39, 0.29) is 0 Å². The van der Waals surface area contributed by atoms with E-state index in [0.29, 0.717) is 0 Å². The fraction of sp³-hybridized carbons (Fsp3) is 0.429. The Morgan fingerprint density at radius 3 is 2.43 bits per heavy atom. The first-order valence-electron chi connectivity index (χ1n) is 8.81. The smallest absolute Gasteiger partial charge is 0.119 e. The first-order valence-corrected chi connectivity index (χ1v) is 8.81. The van der Waals surface area contributed by atoms with Crippen LogP contribution < -0.4 is 4.74 Å². The largest absolute Gasteiger partial charge is 0.492 e. The highest BCUT2D eigenvalue weighted by Gasteiger charge is 2.17. The molecule has 0 spiro atoms. The summed E-state index contributed by atoms with van der Waals surface area (Å²) in [5, 5.41) is 0. The van der Waals surface area contributed by atoms with E-state index in [4.69, 9.17) is 4.74 Å². The minimum Gasteiger partial charge on any atom is -0.492 e. The summed E-state index contributed by atoms with van der Waals surface area (Å²) in [6.45, 7) is 1.76. The van der Waals surface area contributed by atoms with E-state index in [2.05, 4.69) is 54.4 Å². The van der Waals surface area contributed by atoms with Crippen LogP contribution in [0.15, 0.2) is 54.6 Å². The summed E-state index contributed by atoms with van der Waals surface area (Å²) in [5.74, 6) is 0.961. The third-order valence-electron chi connectivity index (χ3n) is 4.85. The molecule has 2 aromatic carbocycles. The van der Waals surface area contributed by atoms with E-state index >= 15 is 0 Å². The van der Waals surface area contributed by atoms with Crippen molar-refractivity contribution in [1.29, 1.82) is 0 Å². The lowest BCUT2D eigenvalue weighted by molar-refractivity contribution is 0.160. The second-order valence-electron chi connectivity index (χ2n) is 6.51. The molecular formula is C21H27NO. The molecule has 1 aliphatic rings. The Bertz CT molecular complexity index is 590. The Morgan fingerprint density at radius 1 is 0.913 bits per heavy atom. The average Bonchev–Trinajstić information content (AvgIpc) is 2.63. The summed E-state index contributed by atoms with van der Waals surface area (Å²) in [6.07, 6.45) is 6.87. The number of nitrogens with zero attached hydrogens (tertiary/aromatic N) is 1. The number of hydrogen-bond acceptors (Lipinski definition) is 2. The van der Waals surface area contributed by atoms with Crippen LogP contribution in [0.4, 0.5) is 0 Å². The van der Waals surface area contributed by atoms with Gasteiger partial charge in [-0.25, -0.2) is 0 Å². The Hall–Kier alpha value is -1.80. The SMILES string of the molecule is CN(CCOc1cccc(-c2ccccc2)c1)C1CCCCC1. The molecule has 0 aromatic heterocycles. The van der Waals surface area contributed by atoms with Gasteiger partial charge in [0.25, 0.3) is 0 Å². The molecular weight excluding hydrogens is 282 g/mol. The molecule has 23 heavy (non-hydrogen) atoms. The van der Waals surface area contributed by atoms with Crippen molar-refractivity contribution in [3.63, 3.8) is 0 Å². The molecule has 0 saturated heterocycles. The minimum atomic E-state index is 0.753. The molecule has 2 nitrogen and oxygen atoms in total. The number of rotatable bonds is 6. The van der Waals surface area contributed by atoms with Crippen LogP contribution in [0.1, 0.15) is 32.1 Å². The fourth-order valence-electron chi connectivity index (χ4n) is 3.41. The van der Waals surface area contributed by atoms with Gasteiger partial charge in [0.05, 0.1) is 0 Å². The molecule has 122 valence electrons. The van der Waals surface area contributed by atoms with Crippen LogP contribution >= 0.6 is 0 Å². The summed E-state index contributed by atoms with van der Waals surface area (Å²) < 4.78 is 5.99. The van der Waals surface area contributed by atoms with Crippen LogP contribution in [-0.2, 0) is 0 Å². The highest BCUT2D eigenvalue weighted by atomic mass is 16.5. The van der Waals surface area contributed by atoms with Gasteiger partial charge >= 0.3 is 0 Å². The van der Waals surface area contributed by atoms with Crippen molar-refractivity contribution in [2.24, 2.45) is 0 Å². The first kappa shape index (κ1) is 16.1. The van der Waals surface area contributed by atoms with Gasteiger partial charge in [0.15, 0.2) is 0 Å². The van der Waals surface area contributed by atoms with Gasteiger partial charge in [-0.15, -0.1) is 0 Å². The number of likely N-dealkylation sites (N-methyl/N-ethyl adjacent to an activating group) is 1. The molecule has 0 atom stereocenters. The van der Waals surface area contributed by atoms with Gasteiger partial charge in [0.1, 0.15) is 12.4 Å². The van der Waals surface area contributed by atoms with E-state index in [0.717, 1.165) is 24.9 Å². The summed E-state index contributed by atoms with van der Waals surface area (Å²) in [5.41, 5.74) is 2.45. The third-order valence-corrected chi connectivity index (χ3v) is 4.85. The highest BCUT2D eigenvalue weighted by Crippen LogP contribution is 2.24. The van der Waals surface area contributed by atoms with Gasteiger partial charge < -0.3 is 9.64 Å². The molecule has 0 unspecified atom stereocenters. The van der Waals surface area contributed by atoms with Crippen LogP contribution in [0.25, 0.3) is 11.1 Å². The van der Waals surface area contributed by atoms with E-state index in [9.17, 15) is 0 Å². The lowest BCUT2D eigenvalue weighted by Crippen LogP contribution is -2.36. The number of ether oxygens (including phenoxy) is 1. The molecule has 1 aliphatic carbocycles. The summed E-state index contributed by atoms with van der Waals surface area (Å²) in [7, 11) is 2.24. The molecule has 0 aliphatic heterocycles. The standard InChI is InChI=1S/C21H27NO/c1-22(20-12-6-3-7-13-20)15-16-23-21-14-8-11-19(17-21)18-9-4-2-5-10-18/h2,4-5,8-11,14,17,20H,3,6-7,12-13,15-16H2,1H3. The predicted molar refractivity (Wildman–Crippen MR) is 96.9 cm³/mol. The maximum absolute atomic E-state index is 5.99. The fourth-order valence-corrected chi connectivity index (χ4v) is 3.41. The lowest BCUT2D eigenvalue weighted by atomic mass is 9.94. The third kappa shape index (κ3) is 4.59. The molecule has 0 heterocycles. The predicted octanol–water partition coefficient (Wildman–Crippen LogP) is 5.00.